The van der Waals surface area contributed by atoms with Crippen LogP contribution in [0.3, 0.4) is 0 Å². The molecule has 1 aromatic carbocycles. The number of nitrogens with zero attached hydrogens (tertiary/aromatic N) is 3. The van der Waals surface area contributed by atoms with Gasteiger partial charge in [-0.2, -0.15) is 0 Å². The summed E-state index contributed by atoms with van der Waals surface area (Å²) in [5.74, 6) is 0.814. The van der Waals surface area contributed by atoms with E-state index in [1.165, 1.54) is 0 Å². The number of likely N-dealkylation sites (tertiary alicyclic amines) is 1. The van der Waals surface area contributed by atoms with Crippen molar-refractivity contribution in [3.8, 4) is 11.3 Å². The summed E-state index contributed by atoms with van der Waals surface area (Å²) in [5, 5.41) is 3.95. The lowest BCUT2D eigenvalue weighted by Gasteiger charge is -2.14. The van der Waals surface area contributed by atoms with Crippen molar-refractivity contribution in [2.45, 2.75) is 12.3 Å². The highest BCUT2D eigenvalue weighted by Crippen LogP contribution is 2.27. The SMILES string of the molecule is O=C(c1cc(-c2ccccc2)on1)N1CC[C@H](c2ccccn2)C1. The molecule has 0 unspecified atom stereocenters. The molecular weight excluding hydrogens is 302 g/mol. The lowest BCUT2D eigenvalue weighted by atomic mass is 10.0. The number of benzene rings is 1. The highest BCUT2D eigenvalue weighted by atomic mass is 16.5. The summed E-state index contributed by atoms with van der Waals surface area (Å²) in [6.07, 6.45) is 2.72. The fourth-order valence-electron chi connectivity index (χ4n) is 3.08. The Morgan fingerprint density at radius 1 is 1.12 bits per heavy atom. The van der Waals surface area contributed by atoms with Crippen LogP contribution < -0.4 is 0 Å². The molecule has 1 amide bonds. The maximum Gasteiger partial charge on any atom is 0.276 e. The van der Waals surface area contributed by atoms with E-state index in [0.29, 0.717) is 24.5 Å². The topological polar surface area (TPSA) is 59.2 Å². The predicted molar refractivity (Wildman–Crippen MR) is 89.4 cm³/mol. The van der Waals surface area contributed by atoms with Gasteiger partial charge in [0.25, 0.3) is 5.91 Å². The van der Waals surface area contributed by atoms with Gasteiger partial charge in [0.2, 0.25) is 0 Å². The van der Waals surface area contributed by atoms with Crippen LogP contribution in [0.15, 0.2) is 65.3 Å². The third-order valence-corrected chi connectivity index (χ3v) is 4.37. The Balaban J connectivity index is 1.48. The molecule has 120 valence electrons. The normalized spacial score (nSPS) is 17.2. The second-order valence-corrected chi connectivity index (χ2v) is 5.93. The van der Waals surface area contributed by atoms with Gasteiger partial charge in [-0.05, 0) is 18.6 Å². The molecule has 4 rings (SSSR count). The van der Waals surface area contributed by atoms with E-state index in [0.717, 1.165) is 17.7 Å². The van der Waals surface area contributed by atoms with Crippen molar-refractivity contribution < 1.29 is 9.32 Å². The lowest BCUT2D eigenvalue weighted by molar-refractivity contribution is 0.0780. The van der Waals surface area contributed by atoms with Crippen molar-refractivity contribution in [1.29, 1.82) is 0 Å². The fraction of sp³-hybridized carbons (Fsp3) is 0.211. The van der Waals surface area contributed by atoms with Gasteiger partial charge in [-0.1, -0.05) is 41.6 Å². The van der Waals surface area contributed by atoms with Gasteiger partial charge in [0.05, 0.1) is 0 Å². The van der Waals surface area contributed by atoms with E-state index in [4.69, 9.17) is 4.52 Å². The van der Waals surface area contributed by atoms with Crippen molar-refractivity contribution in [3.63, 3.8) is 0 Å². The van der Waals surface area contributed by atoms with Crippen molar-refractivity contribution in [2.75, 3.05) is 13.1 Å². The highest BCUT2D eigenvalue weighted by molar-refractivity contribution is 5.93. The van der Waals surface area contributed by atoms with E-state index in [2.05, 4.69) is 10.1 Å². The molecule has 1 saturated heterocycles. The number of pyridine rings is 1. The van der Waals surface area contributed by atoms with E-state index in [-0.39, 0.29) is 11.8 Å². The summed E-state index contributed by atoms with van der Waals surface area (Å²) < 4.78 is 5.33. The molecule has 0 saturated carbocycles. The zero-order valence-corrected chi connectivity index (χ0v) is 13.1. The molecule has 2 aromatic heterocycles. The van der Waals surface area contributed by atoms with Crippen LogP contribution >= 0.6 is 0 Å². The van der Waals surface area contributed by atoms with Gasteiger partial charge >= 0.3 is 0 Å². The fourth-order valence-corrected chi connectivity index (χ4v) is 3.08. The van der Waals surface area contributed by atoms with E-state index >= 15 is 0 Å². The molecule has 3 heterocycles. The van der Waals surface area contributed by atoms with Gasteiger partial charge in [-0.3, -0.25) is 9.78 Å². The van der Waals surface area contributed by atoms with Crippen LogP contribution in [0.2, 0.25) is 0 Å². The summed E-state index contributed by atoms with van der Waals surface area (Å²) in [6, 6.07) is 17.3. The van der Waals surface area contributed by atoms with Crippen LogP contribution in [0.25, 0.3) is 11.3 Å². The molecule has 0 spiro atoms. The molecule has 1 aliphatic rings. The van der Waals surface area contributed by atoms with Gasteiger partial charge in [0.1, 0.15) is 0 Å². The molecule has 0 radical (unpaired) electrons. The summed E-state index contributed by atoms with van der Waals surface area (Å²) in [5.41, 5.74) is 2.31. The summed E-state index contributed by atoms with van der Waals surface area (Å²) in [7, 11) is 0. The quantitative estimate of drug-likeness (QED) is 0.742. The molecule has 1 atom stereocenters. The Labute approximate surface area is 139 Å². The first-order chi connectivity index (χ1) is 11.8. The standard InChI is InChI=1S/C19H17N3O2/c23-19(17-12-18(24-21-17)14-6-2-1-3-7-14)22-11-9-15(13-22)16-8-4-5-10-20-16/h1-8,10,12,15H,9,11,13H2/t15-/m0/s1. The molecular formula is C19H17N3O2. The van der Waals surface area contributed by atoms with E-state index in [1.54, 1.807) is 12.3 Å². The number of aromatic nitrogens is 2. The highest BCUT2D eigenvalue weighted by Gasteiger charge is 2.30. The second-order valence-electron chi connectivity index (χ2n) is 5.93. The van der Waals surface area contributed by atoms with Gasteiger partial charge in [0, 0.05) is 42.5 Å². The largest absolute Gasteiger partial charge is 0.355 e. The number of carbonyl (C=O) groups is 1. The van der Waals surface area contributed by atoms with Crippen LogP contribution in [0.4, 0.5) is 0 Å². The second kappa shape index (κ2) is 6.28. The van der Waals surface area contributed by atoms with Crippen molar-refractivity contribution in [2.24, 2.45) is 0 Å². The zero-order chi connectivity index (χ0) is 16.4. The molecule has 0 N–H and O–H groups in total. The lowest BCUT2D eigenvalue weighted by Crippen LogP contribution is -2.28. The number of hydrogen-bond donors (Lipinski definition) is 0. The molecule has 24 heavy (non-hydrogen) atoms. The Morgan fingerprint density at radius 3 is 2.75 bits per heavy atom. The number of rotatable bonds is 3. The first-order valence-corrected chi connectivity index (χ1v) is 8.03. The molecule has 0 bridgehead atoms. The van der Waals surface area contributed by atoms with Crippen LogP contribution in [0.5, 0.6) is 0 Å². The Morgan fingerprint density at radius 2 is 1.96 bits per heavy atom. The Kier molecular flexibility index (Phi) is 3.83. The first kappa shape index (κ1) is 14.6. The maximum absolute atomic E-state index is 12.7. The molecule has 1 fully saturated rings. The number of carbonyl (C=O) groups excluding carboxylic acids is 1. The number of amides is 1. The minimum absolute atomic E-state index is 0.0839. The molecule has 1 aliphatic heterocycles. The first-order valence-electron chi connectivity index (χ1n) is 8.03. The third-order valence-electron chi connectivity index (χ3n) is 4.37. The molecule has 5 heteroatoms. The maximum atomic E-state index is 12.7. The monoisotopic (exact) mass is 319 g/mol. The van der Waals surface area contributed by atoms with E-state index < -0.39 is 0 Å². The zero-order valence-electron chi connectivity index (χ0n) is 13.1. The molecule has 0 aliphatic carbocycles. The minimum Gasteiger partial charge on any atom is -0.355 e. The van der Waals surface area contributed by atoms with Crippen LogP contribution in [-0.4, -0.2) is 34.0 Å². The average molecular weight is 319 g/mol. The third kappa shape index (κ3) is 2.80. The van der Waals surface area contributed by atoms with Crippen LogP contribution in [0.1, 0.15) is 28.5 Å². The molecule has 3 aromatic rings. The van der Waals surface area contributed by atoms with E-state index in [1.807, 2.05) is 53.4 Å². The summed E-state index contributed by atoms with van der Waals surface area (Å²) in [4.78, 5) is 18.9. The van der Waals surface area contributed by atoms with Gasteiger partial charge < -0.3 is 9.42 Å². The van der Waals surface area contributed by atoms with Gasteiger partial charge in [-0.15, -0.1) is 0 Å². The smallest absolute Gasteiger partial charge is 0.276 e. The van der Waals surface area contributed by atoms with Crippen molar-refractivity contribution >= 4 is 5.91 Å². The van der Waals surface area contributed by atoms with Crippen LogP contribution in [0, 0.1) is 0 Å². The molecule has 5 nitrogen and oxygen atoms in total. The van der Waals surface area contributed by atoms with Crippen molar-refractivity contribution in [1.82, 2.24) is 15.0 Å². The van der Waals surface area contributed by atoms with Gasteiger partial charge in [-0.25, -0.2) is 0 Å². The minimum atomic E-state index is -0.0839. The average Bonchev–Trinajstić information content (AvgIpc) is 3.33. The summed E-state index contributed by atoms with van der Waals surface area (Å²) >= 11 is 0. The Hall–Kier alpha value is -2.95. The summed E-state index contributed by atoms with van der Waals surface area (Å²) in [6.45, 7) is 1.39. The predicted octanol–water partition coefficient (Wildman–Crippen LogP) is 3.37. The Bertz CT molecular complexity index is 830. The number of hydrogen-bond acceptors (Lipinski definition) is 4. The van der Waals surface area contributed by atoms with Gasteiger partial charge in [0.15, 0.2) is 11.5 Å². The van der Waals surface area contributed by atoms with Crippen molar-refractivity contribution in [3.05, 3.63) is 72.2 Å². The van der Waals surface area contributed by atoms with Crippen LogP contribution in [-0.2, 0) is 0 Å². The van der Waals surface area contributed by atoms with E-state index in [9.17, 15) is 4.79 Å².